The largest absolute Gasteiger partial charge is 0.348 e. The van der Waals surface area contributed by atoms with Gasteiger partial charge in [-0.15, -0.1) is 0 Å². The van der Waals surface area contributed by atoms with E-state index in [-0.39, 0.29) is 17.4 Å². The van der Waals surface area contributed by atoms with Gasteiger partial charge in [0.15, 0.2) is 0 Å². The molecule has 2 heteroatoms. The molecule has 1 fully saturated rings. The molecule has 0 saturated heterocycles. The molecule has 0 aromatic heterocycles. The molecule has 1 aliphatic carbocycles. The Morgan fingerprint density at radius 1 is 0.909 bits per heavy atom. The van der Waals surface area contributed by atoms with E-state index in [1.807, 2.05) is 31.2 Å². The summed E-state index contributed by atoms with van der Waals surface area (Å²) >= 11 is 0. The van der Waals surface area contributed by atoms with E-state index in [9.17, 15) is 4.79 Å². The Hall–Kier alpha value is -2.09. The summed E-state index contributed by atoms with van der Waals surface area (Å²) in [5.74, 6) is 0.412. The van der Waals surface area contributed by atoms with Crippen molar-refractivity contribution in [2.24, 2.45) is 5.41 Å². The van der Waals surface area contributed by atoms with Crippen LogP contribution in [0.1, 0.15) is 46.8 Å². The van der Waals surface area contributed by atoms with Gasteiger partial charge in [0.05, 0.1) is 0 Å². The molecule has 2 aromatic carbocycles. The standard InChI is InChI=1S/C20H23NO/c1-13-5-9-15(10-6-13)17-18(20(17,3)4)21-19(22)16-11-7-14(2)8-12-16/h5-12,17-18H,1-4H3,(H,21,22)/t17-,18-/m0/s1. The fourth-order valence-electron chi connectivity index (χ4n) is 3.23. The van der Waals surface area contributed by atoms with Crippen LogP contribution in [0.4, 0.5) is 0 Å². The van der Waals surface area contributed by atoms with Gasteiger partial charge < -0.3 is 5.32 Å². The molecule has 3 rings (SSSR count). The van der Waals surface area contributed by atoms with Crippen molar-refractivity contribution in [1.82, 2.24) is 5.32 Å². The fourth-order valence-corrected chi connectivity index (χ4v) is 3.23. The van der Waals surface area contributed by atoms with E-state index in [0.717, 1.165) is 5.56 Å². The normalized spacial score (nSPS) is 22.2. The Morgan fingerprint density at radius 2 is 1.41 bits per heavy atom. The van der Waals surface area contributed by atoms with Crippen molar-refractivity contribution in [2.45, 2.75) is 39.7 Å². The van der Waals surface area contributed by atoms with Crippen LogP contribution in [0.15, 0.2) is 48.5 Å². The van der Waals surface area contributed by atoms with E-state index in [1.54, 1.807) is 0 Å². The molecule has 0 bridgehead atoms. The van der Waals surface area contributed by atoms with Gasteiger partial charge in [0, 0.05) is 17.5 Å². The number of aryl methyl sites for hydroxylation is 2. The summed E-state index contributed by atoms with van der Waals surface area (Å²) < 4.78 is 0. The third-order valence-corrected chi connectivity index (χ3v) is 4.86. The first-order valence-corrected chi connectivity index (χ1v) is 7.83. The third-order valence-electron chi connectivity index (χ3n) is 4.86. The van der Waals surface area contributed by atoms with E-state index >= 15 is 0 Å². The average Bonchev–Trinajstić information content (AvgIpc) is 3.01. The summed E-state index contributed by atoms with van der Waals surface area (Å²) in [5.41, 5.74) is 4.58. The van der Waals surface area contributed by atoms with Crippen molar-refractivity contribution >= 4 is 5.91 Å². The molecular weight excluding hydrogens is 270 g/mol. The molecule has 2 atom stereocenters. The summed E-state index contributed by atoms with van der Waals surface area (Å²) in [6, 6.07) is 16.6. The van der Waals surface area contributed by atoms with Crippen LogP contribution in [0.2, 0.25) is 0 Å². The molecule has 0 aliphatic heterocycles. The molecule has 114 valence electrons. The van der Waals surface area contributed by atoms with E-state index in [0.29, 0.717) is 5.92 Å². The van der Waals surface area contributed by atoms with E-state index in [4.69, 9.17) is 0 Å². The molecule has 0 spiro atoms. The van der Waals surface area contributed by atoms with Gasteiger partial charge in [0.2, 0.25) is 0 Å². The lowest BCUT2D eigenvalue weighted by molar-refractivity contribution is 0.0946. The molecule has 2 aromatic rings. The highest BCUT2D eigenvalue weighted by Crippen LogP contribution is 2.58. The number of hydrogen-bond acceptors (Lipinski definition) is 1. The molecule has 1 aliphatic rings. The van der Waals surface area contributed by atoms with Crippen LogP contribution >= 0.6 is 0 Å². The van der Waals surface area contributed by atoms with Crippen molar-refractivity contribution in [1.29, 1.82) is 0 Å². The van der Waals surface area contributed by atoms with Gasteiger partial charge in [0.1, 0.15) is 0 Å². The SMILES string of the molecule is Cc1ccc(C(=O)N[C@H]2[C@H](c3ccc(C)cc3)C2(C)C)cc1. The quantitative estimate of drug-likeness (QED) is 0.901. The van der Waals surface area contributed by atoms with Crippen molar-refractivity contribution in [3.8, 4) is 0 Å². The first-order valence-electron chi connectivity index (χ1n) is 7.83. The summed E-state index contributed by atoms with van der Waals surface area (Å²) in [4.78, 5) is 12.4. The van der Waals surface area contributed by atoms with Crippen LogP contribution in [-0.2, 0) is 0 Å². The van der Waals surface area contributed by atoms with Crippen LogP contribution in [0.3, 0.4) is 0 Å². The first-order chi connectivity index (χ1) is 10.4. The lowest BCUT2D eigenvalue weighted by Gasteiger charge is -2.06. The minimum Gasteiger partial charge on any atom is -0.348 e. The average molecular weight is 293 g/mol. The number of benzene rings is 2. The number of nitrogens with one attached hydrogen (secondary N) is 1. The van der Waals surface area contributed by atoms with Crippen molar-refractivity contribution < 1.29 is 4.79 Å². The lowest BCUT2D eigenvalue weighted by atomic mass is 10.0. The smallest absolute Gasteiger partial charge is 0.251 e. The summed E-state index contributed by atoms with van der Waals surface area (Å²) in [7, 11) is 0. The zero-order valence-corrected chi connectivity index (χ0v) is 13.7. The zero-order chi connectivity index (χ0) is 15.9. The van der Waals surface area contributed by atoms with Crippen molar-refractivity contribution in [3.05, 3.63) is 70.8 Å². The van der Waals surface area contributed by atoms with Crippen LogP contribution in [0.25, 0.3) is 0 Å². The topological polar surface area (TPSA) is 29.1 Å². The lowest BCUT2D eigenvalue weighted by Crippen LogP contribution is -2.28. The molecule has 0 heterocycles. The minimum absolute atomic E-state index is 0.0210. The zero-order valence-electron chi connectivity index (χ0n) is 13.7. The second kappa shape index (κ2) is 5.28. The predicted octanol–water partition coefficient (Wildman–Crippen LogP) is 4.23. The number of rotatable bonds is 3. The molecule has 1 N–H and O–H groups in total. The third kappa shape index (κ3) is 2.66. The predicted molar refractivity (Wildman–Crippen MR) is 90.1 cm³/mol. The molecule has 2 nitrogen and oxygen atoms in total. The van der Waals surface area contributed by atoms with E-state index in [2.05, 4.69) is 50.4 Å². The number of amides is 1. The first kappa shape index (κ1) is 14.8. The second-order valence-electron chi connectivity index (χ2n) is 7.03. The van der Waals surface area contributed by atoms with Gasteiger partial charge in [-0.2, -0.15) is 0 Å². The highest BCUT2D eigenvalue weighted by Gasteiger charge is 2.59. The molecular formula is C20H23NO. The number of carbonyl (C=O) groups excluding carboxylic acids is 1. The van der Waals surface area contributed by atoms with Crippen LogP contribution in [0.5, 0.6) is 0 Å². The second-order valence-corrected chi connectivity index (χ2v) is 7.03. The van der Waals surface area contributed by atoms with Gasteiger partial charge >= 0.3 is 0 Å². The molecule has 0 unspecified atom stereocenters. The van der Waals surface area contributed by atoms with Gasteiger partial charge in [0.25, 0.3) is 5.91 Å². The summed E-state index contributed by atoms with van der Waals surface area (Å²) in [6.07, 6.45) is 0. The summed E-state index contributed by atoms with van der Waals surface area (Å²) in [5, 5.41) is 3.20. The van der Waals surface area contributed by atoms with Gasteiger partial charge in [-0.25, -0.2) is 0 Å². The van der Waals surface area contributed by atoms with Gasteiger partial charge in [-0.3, -0.25) is 4.79 Å². The highest BCUT2D eigenvalue weighted by atomic mass is 16.1. The maximum Gasteiger partial charge on any atom is 0.251 e. The van der Waals surface area contributed by atoms with Crippen LogP contribution < -0.4 is 5.32 Å². The highest BCUT2D eigenvalue weighted by molar-refractivity contribution is 5.94. The Morgan fingerprint density at radius 3 is 1.95 bits per heavy atom. The van der Waals surface area contributed by atoms with Crippen molar-refractivity contribution in [3.63, 3.8) is 0 Å². The molecule has 0 radical (unpaired) electrons. The molecule has 1 amide bonds. The number of carbonyl (C=O) groups is 1. The maximum absolute atomic E-state index is 12.4. The Labute approximate surface area is 132 Å². The maximum atomic E-state index is 12.4. The van der Waals surface area contributed by atoms with E-state index < -0.39 is 0 Å². The molecule has 1 saturated carbocycles. The van der Waals surface area contributed by atoms with Crippen molar-refractivity contribution in [2.75, 3.05) is 0 Å². The van der Waals surface area contributed by atoms with Gasteiger partial charge in [-0.05, 0) is 37.0 Å². The fraction of sp³-hybridized carbons (Fsp3) is 0.350. The number of hydrogen-bond donors (Lipinski definition) is 1. The minimum atomic E-state index is 0.0210. The Balaban J connectivity index is 1.74. The Kier molecular flexibility index (Phi) is 3.56. The van der Waals surface area contributed by atoms with E-state index in [1.165, 1.54) is 16.7 Å². The van der Waals surface area contributed by atoms with Crippen LogP contribution in [0, 0.1) is 19.3 Å². The van der Waals surface area contributed by atoms with Crippen LogP contribution in [-0.4, -0.2) is 11.9 Å². The monoisotopic (exact) mass is 293 g/mol. The molecule has 22 heavy (non-hydrogen) atoms. The van der Waals surface area contributed by atoms with Gasteiger partial charge in [-0.1, -0.05) is 61.4 Å². The summed E-state index contributed by atoms with van der Waals surface area (Å²) in [6.45, 7) is 8.56. The Bertz CT molecular complexity index is 683.